The van der Waals surface area contributed by atoms with Crippen LogP contribution in [0.25, 0.3) is 0 Å². The molecule has 2 aliphatic rings. The van der Waals surface area contributed by atoms with Gasteiger partial charge in [-0.1, -0.05) is 11.6 Å². The van der Waals surface area contributed by atoms with Gasteiger partial charge in [0.1, 0.15) is 6.10 Å². The lowest BCUT2D eigenvalue weighted by Crippen LogP contribution is -2.58. The van der Waals surface area contributed by atoms with E-state index in [1.54, 1.807) is 0 Å². The molecular weight excluding hydrogens is 523 g/mol. The van der Waals surface area contributed by atoms with Crippen LogP contribution in [0.3, 0.4) is 0 Å². The summed E-state index contributed by atoms with van der Waals surface area (Å²) in [6.45, 7) is 1.36. The Labute approximate surface area is 210 Å². The average molecular weight is 548 g/mol. The van der Waals surface area contributed by atoms with E-state index >= 15 is 0 Å². The Morgan fingerprint density at radius 2 is 1.64 bits per heavy atom. The van der Waals surface area contributed by atoms with Crippen molar-refractivity contribution < 1.29 is 41.7 Å². The molecule has 2 fully saturated rings. The number of carbonyl (C=O) groups excluding carboxylic acids is 1. The smallest absolute Gasteiger partial charge is 0.255 e. The number of sulfone groups is 1. The molecule has 0 spiro atoms. The third-order valence-corrected chi connectivity index (χ3v) is 10.0. The number of carbonyl (C=O) groups is 1. The maximum Gasteiger partial charge on any atom is 0.255 e. The second-order valence-corrected chi connectivity index (χ2v) is 12.1. The molecule has 4 rings (SSSR count). The Kier molecular flexibility index (Phi) is 7.17. The number of hydrogen-bond acceptors (Lipinski definition) is 6. The molecule has 2 unspecified atom stereocenters. The van der Waals surface area contributed by atoms with Crippen molar-refractivity contribution in [3.05, 3.63) is 58.4 Å². The van der Waals surface area contributed by atoms with Crippen molar-refractivity contribution in [1.29, 1.82) is 0 Å². The van der Waals surface area contributed by atoms with E-state index in [0.29, 0.717) is 25.0 Å². The fourth-order valence-electron chi connectivity index (χ4n) is 5.54. The third-order valence-electron chi connectivity index (χ3n) is 7.38. The number of amides is 1. The minimum Gasteiger partial charge on any atom is -0.391 e. The summed E-state index contributed by atoms with van der Waals surface area (Å²) in [4.78, 5) is 12.3. The minimum absolute atomic E-state index is 0.0278. The SMILES string of the molecule is C[C@@H](O)[C@H](O)C1(O)C2CCC1CC(S(=O)(=O)c1cc(C(=O)Nc3cc(F)c(F)c(F)c3)ccc1Cl)C2. The zero-order valence-corrected chi connectivity index (χ0v) is 20.7. The summed E-state index contributed by atoms with van der Waals surface area (Å²) in [6.07, 6.45) is -1.59. The Bertz CT molecular complexity index is 1270. The number of nitrogens with one attached hydrogen (secondary N) is 1. The molecule has 2 aromatic carbocycles. The zero-order chi connectivity index (χ0) is 26.6. The Hall–Kier alpha value is -2.18. The fourth-order valence-corrected chi connectivity index (χ4v) is 7.94. The van der Waals surface area contributed by atoms with Gasteiger partial charge in [0.05, 0.1) is 26.9 Å². The van der Waals surface area contributed by atoms with Crippen molar-refractivity contribution in [3.63, 3.8) is 0 Å². The maximum atomic E-state index is 13.6. The average Bonchev–Trinajstić information content (AvgIpc) is 2.98. The fraction of sp³-hybridized carbons (Fsp3) is 0.458. The molecule has 4 N–H and O–H groups in total. The lowest BCUT2D eigenvalue weighted by molar-refractivity contribution is -0.172. The van der Waals surface area contributed by atoms with Gasteiger partial charge in [-0.05, 0) is 62.6 Å². The van der Waals surface area contributed by atoms with E-state index in [2.05, 4.69) is 5.32 Å². The van der Waals surface area contributed by atoms with Gasteiger partial charge in [0.2, 0.25) is 0 Å². The van der Waals surface area contributed by atoms with Crippen molar-refractivity contribution in [3.8, 4) is 0 Å². The van der Waals surface area contributed by atoms with Crippen LogP contribution in [-0.4, -0.2) is 52.7 Å². The van der Waals surface area contributed by atoms with Gasteiger partial charge >= 0.3 is 0 Å². The van der Waals surface area contributed by atoms with Crippen LogP contribution in [0.15, 0.2) is 35.2 Å². The van der Waals surface area contributed by atoms with Crippen LogP contribution < -0.4 is 5.32 Å². The normalized spacial score (nSPS) is 27.5. The van der Waals surface area contributed by atoms with E-state index in [1.165, 1.54) is 19.1 Å². The standard InChI is InChI=1S/C24H25ClF3NO6S/c1-11(30)22(31)24(33)13-3-4-14(24)8-16(7-13)36(34,35)20-6-12(2-5-17(20)25)23(32)29-15-9-18(26)21(28)19(27)10-15/h2,5-6,9-11,13-14,16,22,30-31,33H,3-4,7-8H2,1H3,(H,29,32)/t11-,13?,14?,16?,22+,24?/m1/s1. The molecule has 2 saturated carbocycles. The molecule has 2 aromatic rings. The van der Waals surface area contributed by atoms with Crippen LogP contribution in [0.1, 0.15) is 43.0 Å². The molecule has 1 amide bonds. The summed E-state index contributed by atoms with van der Waals surface area (Å²) < 4.78 is 67.2. The summed E-state index contributed by atoms with van der Waals surface area (Å²) in [7, 11) is -4.10. The van der Waals surface area contributed by atoms with Crippen LogP contribution in [-0.2, 0) is 9.84 Å². The molecule has 196 valence electrons. The highest BCUT2D eigenvalue weighted by atomic mass is 35.5. The van der Waals surface area contributed by atoms with Gasteiger partial charge in [-0.3, -0.25) is 4.79 Å². The lowest BCUT2D eigenvalue weighted by atomic mass is 9.70. The molecule has 12 heteroatoms. The molecule has 0 aliphatic heterocycles. The van der Waals surface area contributed by atoms with Gasteiger partial charge in [-0.2, -0.15) is 0 Å². The molecule has 36 heavy (non-hydrogen) atoms. The first-order chi connectivity index (χ1) is 16.8. The van der Waals surface area contributed by atoms with E-state index in [4.69, 9.17) is 11.6 Å². The molecule has 0 heterocycles. The van der Waals surface area contributed by atoms with Crippen LogP contribution in [0.2, 0.25) is 5.02 Å². The lowest BCUT2D eigenvalue weighted by Gasteiger charge is -2.46. The number of benzene rings is 2. The highest BCUT2D eigenvalue weighted by Crippen LogP contribution is 2.54. The number of halogens is 4. The summed E-state index contributed by atoms with van der Waals surface area (Å²) in [6, 6.07) is 4.67. The van der Waals surface area contributed by atoms with Crippen molar-refractivity contribution in [2.75, 3.05) is 5.32 Å². The summed E-state index contributed by atoms with van der Waals surface area (Å²) in [5.74, 6) is -6.72. The first kappa shape index (κ1) is 26.9. The molecule has 0 radical (unpaired) electrons. The summed E-state index contributed by atoms with van der Waals surface area (Å²) in [5, 5.41) is 32.5. The van der Waals surface area contributed by atoms with Gasteiger partial charge in [-0.15, -0.1) is 0 Å². The first-order valence-corrected chi connectivity index (χ1v) is 13.3. The zero-order valence-electron chi connectivity index (χ0n) is 19.1. The van der Waals surface area contributed by atoms with Gasteiger partial charge in [0.25, 0.3) is 5.91 Å². The number of anilines is 1. The Balaban J connectivity index is 1.59. The highest BCUT2D eigenvalue weighted by Gasteiger charge is 2.59. The molecular formula is C24H25ClF3NO6S. The molecule has 7 nitrogen and oxygen atoms in total. The van der Waals surface area contributed by atoms with Crippen LogP contribution >= 0.6 is 11.6 Å². The third kappa shape index (κ3) is 4.51. The van der Waals surface area contributed by atoms with Crippen molar-refractivity contribution in [2.24, 2.45) is 11.8 Å². The number of fused-ring (bicyclic) bond motifs is 2. The Morgan fingerprint density at radius 1 is 1.08 bits per heavy atom. The number of aliphatic hydroxyl groups excluding tert-OH is 2. The quantitative estimate of drug-likeness (QED) is 0.411. The van der Waals surface area contributed by atoms with Crippen LogP contribution in [0, 0.1) is 29.3 Å². The number of aliphatic hydroxyl groups is 3. The van der Waals surface area contributed by atoms with E-state index in [-0.39, 0.29) is 34.0 Å². The molecule has 4 atom stereocenters. The first-order valence-electron chi connectivity index (χ1n) is 11.3. The molecule has 2 aliphatic carbocycles. The molecule has 0 aromatic heterocycles. The number of hydrogen-bond donors (Lipinski definition) is 4. The van der Waals surface area contributed by atoms with E-state index < -0.39 is 68.1 Å². The van der Waals surface area contributed by atoms with Crippen LogP contribution in [0.5, 0.6) is 0 Å². The van der Waals surface area contributed by atoms with E-state index in [0.717, 1.165) is 6.07 Å². The largest absolute Gasteiger partial charge is 0.391 e. The van der Waals surface area contributed by atoms with Gasteiger partial charge in [0.15, 0.2) is 27.3 Å². The topological polar surface area (TPSA) is 124 Å². The van der Waals surface area contributed by atoms with Gasteiger partial charge in [-0.25, -0.2) is 21.6 Å². The van der Waals surface area contributed by atoms with E-state index in [1.807, 2.05) is 0 Å². The summed E-state index contributed by atoms with van der Waals surface area (Å²) in [5.41, 5.74) is -2.13. The van der Waals surface area contributed by atoms with Crippen molar-refractivity contribution in [1.82, 2.24) is 0 Å². The predicted molar refractivity (Wildman–Crippen MR) is 125 cm³/mol. The second kappa shape index (κ2) is 9.60. The second-order valence-electron chi connectivity index (χ2n) is 9.54. The monoisotopic (exact) mass is 547 g/mol. The van der Waals surface area contributed by atoms with E-state index in [9.17, 15) is 41.7 Å². The molecule has 0 saturated heterocycles. The Morgan fingerprint density at radius 3 is 2.17 bits per heavy atom. The highest BCUT2D eigenvalue weighted by molar-refractivity contribution is 7.92. The van der Waals surface area contributed by atoms with Crippen molar-refractivity contribution in [2.45, 2.75) is 60.6 Å². The minimum atomic E-state index is -4.10. The van der Waals surface area contributed by atoms with Crippen molar-refractivity contribution >= 4 is 33.0 Å². The number of rotatable bonds is 6. The maximum absolute atomic E-state index is 13.6. The van der Waals surface area contributed by atoms with Crippen LogP contribution in [0.4, 0.5) is 18.9 Å². The van der Waals surface area contributed by atoms with Gasteiger partial charge < -0.3 is 20.6 Å². The molecule has 2 bridgehead atoms. The predicted octanol–water partition coefficient (Wildman–Crippen LogP) is 3.44. The van der Waals surface area contributed by atoms with Gasteiger partial charge in [0, 0.05) is 23.4 Å². The summed E-state index contributed by atoms with van der Waals surface area (Å²) >= 11 is 6.19.